The van der Waals surface area contributed by atoms with Gasteiger partial charge in [-0.1, -0.05) is 25.4 Å². The largest absolute Gasteiger partial charge is 0.481 e. The van der Waals surface area contributed by atoms with Crippen molar-refractivity contribution in [1.82, 2.24) is 5.32 Å². The van der Waals surface area contributed by atoms with Crippen LogP contribution in [0.1, 0.15) is 49.9 Å². The van der Waals surface area contributed by atoms with Crippen LogP contribution in [-0.4, -0.2) is 29.4 Å². The molecule has 0 saturated heterocycles. The van der Waals surface area contributed by atoms with E-state index in [2.05, 4.69) is 10.6 Å². The summed E-state index contributed by atoms with van der Waals surface area (Å²) in [5, 5.41) is 14.9. The van der Waals surface area contributed by atoms with E-state index in [0.29, 0.717) is 49.4 Å². The minimum atomic E-state index is -0.790. The van der Waals surface area contributed by atoms with Crippen LogP contribution in [0, 0.1) is 17.8 Å². The number of nitrogens with one attached hydrogen (secondary N) is 2. The lowest BCUT2D eigenvalue weighted by molar-refractivity contribution is -0.143. The van der Waals surface area contributed by atoms with Crippen LogP contribution in [-0.2, 0) is 9.59 Å². The number of carboxylic acids is 1. The number of carbonyl (C=O) groups excluding carboxylic acids is 2. The first-order valence-corrected chi connectivity index (χ1v) is 9.27. The first kappa shape index (κ1) is 20.2. The Hall–Kier alpha value is -2.08. The summed E-state index contributed by atoms with van der Waals surface area (Å²) in [6.45, 7) is 4.57. The van der Waals surface area contributed by atoms with E-state index in [-0.39, 0.29) is 28.7 Å². The van der Waals surface area contributed by atoms with Gasteiger partial charge in [0.2, 0.25) is 5.91 Å². The van der Waals surface area contributed by atoms with E-state index in [1.54, 1.807) is 18.2 Å². The van der Waals surface area contributed by atoms with E-state index in [1.165, 1.54) is 0 Å². The number of aliphatic carboxylic acids is 1. The topological polar surface area (TPSA) is 95.5 Å². The Balaban J connectivity index is 1.94. The molecule has 26 heavy (non-hydrogen) atoms. The van der Waals surface area contributed by atoms with E-state index in [9.17, 15) is 14.4 Å². The molecular weight excluding hydrogens is 356 g/mol. The van der Waals surface area contributed by atoms with Crippen molar-refractivity contribution < 1.29 is 19.5 Å². The molecule has 2 rings (SSSR count). The van der Waals surface area contributed by atoms with Gasteiger partial charge >= 0.3 is 5.97 Å². The average molecular weight is 381 g/mol. The number of anilines is 1. The second-order valence-electron chi connectivity index (χ2n) is 7.17. The fourth-order valence-electron chi connectivity index (χ4n) is 3.02. The van der Waals surface area contributed by atoms with E-state index in [1.807, 2.05) is 13.8 Å². The zero-order chi connectivity index (χ0) is 19.3. The van der Waals surface area contributed by atoms with Crippen molar-refractivity contribution in [2.24, 2.45) is 17.8 Å². The number of benzene rings is 1. The predicted molar refractivity (Wildman–Crippen MR) is 100 cm³/mol. The summed E-state index contributed by atoms with van der Waals surface area (Å²) in [7, 11) is 0. The number of hydrogen-bond donors (Lipinski definition) is 3. The minimum absolute atomic E-state index is 0.137. The van der Waals surface area contributed by atoms with Crippen LogP contribution in [0.25, 0.3) is 0 Å². The molecule has 0 aliphatic heterocycles. The predicted octanol–water partition coefficient (Wildman–Crippen LogP) is 3.56. The third kappa shape index (κ3) is 5.46. The highest BCUT2D eigenvalue weighted by Gasteiger charge is 2.29. The van der Waals surface area contributed by atoms with Gasteiger partial charge in [0.05, 0.1) is 16.5 Å². The van der Waals surface area contributed by atoms with Gasteiger partial charge in [0.1, 0.15) is 0 Å². The second-order valence-corrected chi connectivity index (χ2v) is 7.58. The molecule has 0 unspecified atom stereocenters. The number of rotatable bonds is 6. The van der Waals surface area contributed by atoms with Gasteiger partial charge < -0.3 is 15.7 Å². The molecule has 0 bridgehead atoms. The molecule has 7 heteroatoms. The Kier molecular flexibility index (Phi) is 7.03. The highest BCUT2D eigenvalue weighted by molar-refractivity contribution is 6.34. The fraction of sp³-hybridized carbons (Fsp3) is 0.526. The van der Waals surface area contributed by atoms with Crippen molar-refractivity contribution in [2.75, 3.05) is 11.9 Å². The summed E-state index contributed by atoms with van der Waals surface area (Å²) < 4.78 is 0. The lowest BCUT2D eigenvalue weighted by Crippen LogP contribution is -2.29. The first-order valence-electron chi connectivity index (χ1n) is 8.89. The Morgan fingerprint density at radius 1 is 1.15 bits per heavy atom. The zero-order valence-electron chi connectivity index (χ0n) is 15.0. The van der Waals surface area contributed by atoms with Gasteiger partial charge in [-0.05, 0) is 49.8 Å². The lowest BCUT2D eigenvalue weighted by Gasteiger charge is -2.25. The third-order valence-electron chi connectivity index (χ3n) is 4.60. The normalized spacial score (nSPS) is 19.8. The van der Waals surface area contributed by atoms with Crippen molar-refractivity contribution in [3.63, 3.8) is 0 Å². The standard InChI is InChI=1S/C19H25ClN2O4/c1-11(2)10-21-18(24)15-8-7-14(9-16(15)20)22-17(23)12-3-5-13(6-4-12)19(25)26/h7-9,11-13H,3-6,10H2,1-2H3,(H,21,24)(H,22,23)(H,25,26). The van der Waals surface area contributed by atoms with Gasteiger partial charge in [-0.3, -0.25) is 14.4 Å². The van der Waals surface area contributed by atoms with E-state index < -0.39 is 5.97 Å². The number of hydrogen-bond acceptors (Lipinski definition) is 3. The molecule has 0 radical (unpaired) electrons. The molecule has 6 nitrogen and oxygen atoms in total. The average Bonchev–Trinajstić information content (AvgIpc) is 2.59. The molecule has 2 amide bonds. The van der Waals surface area contributed by atoms with Gasteiger partial charge in [-0.2, -0.15) is 0 Å². The quantitative estimate of drug-likeness (QED) is 0.703. The Morgan fingerprint density at radius 3 is 2.31 bits per heavy atom. The maximum atomic E-state index is 12.4. The van der Waals surface area contributed by atoms with Gasteiger partial charge in [-0.25, -0.2) is 0 Å². The summed E-state index contributed by atoms with van der Waals surface area (Å²) >= 11 is 6.19. The van der Waals surface area contributed by atoms with Crippen molar-refractivity contribution in [3.8, 4) is 0 Å². The second kappa shape index (κ2) is 9.03. The van der Waals surface area contributed by atoms with Gasteiger partial charge in [0, 0.05) is 18.2 Å². The van der Waals surface area contributed by atoms with Crippen LogP contribution in [0.4, 0.5) is 5.69 Å². The van der Waals surface area contributed by atoms with Crippen molar-refractivity contribution in [3.05, 3.63) is 28.8 Å². The van der Waals surface area contributed by atoms with Crippen LogP contribution >= 0.6 is 11.6 Å². The molecule has 0 atom stereocenters. The van der Waals surface area contributed by atoms with E-state index in [0.717, 1.165) is 0 Å². The van der Waals surface area contributed by atoms with Crippen molar-refractivity contribution in [1.29, 1.82) is 0 Å². The zero-order valence-corrected chi connectivity index (χ0v) is 15.8. The van der Waals surface area contributed by atoms with Crippen molar-refractivity contribution >= 4 is 35.1 Å². The number of carboxylic acid groups (broad SMARTS) is 1. The monoisotopic (exact) mass is 380 g/mol. The van der Waals surface area contributed by atoms with Crippen molar-refractivity contribution in [2.45, 2.75) is 39.5 Å². The van der Waals surface area contributed by atoms with Crippen LogP contribution in [0.3, 0.4) is 0 Å². The number of carbonyl (C=O) groups is 3. The molecular formula is C19H25ClN2O4. The molecule has 0 heterocycles. The molecule has 142 valence electrons. The Labute approximate surface area is 158 Å². The minimum Gasteiger partial charge on any atom is -0.481 e. The maximum absolute atomic E-state index is 12.4. The smallest absolute Gasteiger partial charge is 0.306 e. The third-order valence-corrected chi connectivity index (χ3v) is 4.91. The molecule has 1 aliphatic rings. The summed E-state index contributed by atoms with van der Waals surface area (Å²) in [6, 6.07) is 4.80. The lowest BCUT2D eigenvalue weighted by atomic mass is 9.81. The maximum Gasteiger partial charge on any atom is 0.306 e. The number of halogens is 1. The molecule has 1 aromatic rings. The van der Waals surface area contributed by atoms with Crippen LogP contribution < -0.4 is 10.6 Å². The van der Waals surface area contributed by atoms with Gasteiger partial charge in [-0.15, -0.1) is 0 Å². The SMILES string of the molecule is CC(C)CNC(=O)c1ccc(NC(=O)C2CCC(C(=O)O)CC2)cc1Cl. The van der Waals surface area contributed by atoms with E-state index in [4.69, 9.17) is 16.7 Å². The van der Waals surface area contributed by atoms with Gasteiger partial charge in [0.15, 0.2) is 0 Å². The molecule has 1 aliphatic carbocycles. The van der Waals surface area contributed by atoms with Crippen LogP contribution in [0.15, 0.2) is 18.2 Å². The molecule has 0 spiro atoms. The molecule has 3 N–H and O–H groups in total. The molecule has 1 fully saturated rings. The van der Waals surface area contributed by atoms with E-state index >= 15 is 0 Å². The summed E-state index contributed by atoms with van der Waals surface area (Å²) in [5.74, 6) is -1.37. The fourth-order valence-corrected chi connectivity index (χ4v) is 3.28. The first-order chi connectivity index (χ1) is 12.3. The summed E-state index contributed by atoms with van der Waals surface area (Å²) in [4.78, 5) is 35.5. The van der Waals surface area contributed by atoms with Crippen LogP contribution in [0.5, 0.6) is 0 Å². The highest BCUT2D eigenvalue weighted by atomic mass is 35.5. The summed E-state index contributed by atoms with van der Waals surface area (Å²) in [6.07, 6.45) is 2.16. The molecule has 0 aromatic heterocycles. The highest BCUT2D eigenvalue weighted by Crippen LogP contribution is 2.30. The Bertz CT molecular complexity index is 682. The summed E-state index contributed by atoms with van der Waals surface area (Å²) in [5.41, 5.74) is 0.896. The van der Waals surface area contributed by atoms with Gasteiger partial charge in [0.25, 0.3) is 5.91 Å². The Morgan fingerprint density at radius 2 is 1.77 bits per heavy atom. The molecule has 1 aromatic carbocycles. The number of amides is 2. The van der Waals surface area contributed by atoms with Crippen LogP contribution in [0.2, 0.25) is 5.02 Å². The molecule has 1 saturated carbocycles.